The van der Waals surface area contributed by atoms with Crippen molar-refractivity contribution in [1.82, 2.24) is 0 Å². The second kappa shape index (κ2) is 13.4. The second-order valence-electron chi connectivity index (χ2n) is 8.31. The van der Waals surface area contributed by atoms with Gasteiger partial charge in [-0.2, -0.15) is 0 Å². The molecule has 1 saturated carbocycles. The van der Waals surface area contributed by atoms with Crippen LogP contribution in [-0.2, 0) is 9.53 Å². The average Bonchev–Trinajstić information content (AvgIpc) is 3.03. The Balaban J connectivity index is 1.94. The molecule has 0 amide bonds. The molecule has 0 aliphatic heterocycles. The van der Waals surface area contributed by atoms with Gasteiger partial charge in [0, 0.05) is 23.1 Å². The topological polar surface area (TPSA) is 46.5 Å². The Labute approximate surface area is 191 Å². The van der Waals surface area contributed by atoms with Gasteiger partial charge in [0.2, 0.25) is 0 Å². The Morgan fingerprint density at radius 2 is 1.90 bits per heavy atom. The number of methoxy groups -OCH3 is 1. The van der Waals surface area contributed by atoms with Crippen molar-refractivity contribution in [3.63, 3.8) is 0 Å². The average molecular weight is 455 g/mol. The first-order chi connectivity index (χ1) is 14.5. The van der Waals surface area contributed by atoms with Crippen molar-refractivity contribution in [3.8, 4) is 0 Å². The SMILES string of the molecule is CCCCCC(O)c1ccc([C@@H]2[C@@H](C/C=C\CCCC(=O)OC)[C@@H](Cl)C[C@H]2Cl)cc1. The molecule has 3 nitrogen and oxygen atoms in total. The number of benzene rings is 1. The maximum Gasteiger partial charge on any atom is 0.305 e. The molecule has 5 atom stereocenters. The summed E-state index contributed by atoms with van der Waals surface area (Å²) in [6, 6.07) is 8.30. The number of allylic oxidation sites excluding steroid dienone is 2. The molecular weight excluding hydrogens is 419 g/mol. The number of rotatable bonds is 12. The molecule has 30 heavy (non-hydrogen) atoms. The molecule has 1 fully saturated rings. The molecule has 0 spiro atoms. The van der Waals surface area contributed by atoms with Crippen LogP contribution in [0.15, 0.2) is 36.4 Å². The predicted molar refractivity (Wildman–Crippen MR) is 125 cm³/mol. The summed E-state index contributed by atoms with van der Waals surface area (Å²) in [6.45, 7) is 2.17. The van der Waals surface area contributed by atoms with Crippen LogP contribution in [0, 0.1) is 5.92 Å². The number of ether oxygens (including phenoxy) is 1. The molecule has 168 valence electrons. The van der Waals surface area contributed by atoms with Gasteiger partial charge >= 0.3 is 5.97 Å². The lowest BCUT2D eigenvalue weighted by Crippen LogP contribution is -2.16. The van der Waals surface area contributed by atoms with E-state index in [0.717, 1.165) is 56.9 Å². The Morgan fingerprint density at radius 3 is 2.57 bits per heavy atom. The highest BCUT2D eigenvalue weighted by Gasteiger charge is 2.41. The van der Waals surface area contributed by atoms with Crippen molar-refractivity contribution in [2.24, 2.45) is 5.92 Å². The molecule has 1 unspecified atom stereocenters. The van der Waals surface area contributed by atoms with E-state index in [1.54, 1.807) is 0 Å². The molecule has 0 saturated heterocycles. The number of alkyl halides is 2. The highest BCUT2D eigenvalue weighted by molar-refractivity contribution is 6.25. The summed E-state index contributed by atoms with van der Waals surface area (Å²) in [7, 11) is 1.42. The van der Waals surface area contributed by atoms with E-state index in [9.17, 15) is 9.90 Å². The lowest BCUT2D eigenvalue weighted by molar-refractivity contribution is -0.140. The minimum atomic E-state index is -0.398. The van der Waals surface area contributed by atoms with E-state index in [1.165, 1.54) is 12.7 Å². The highest BCUT2D eigenvalue weighted by atomic mass is 35.5. The molecule has 1 aromatic rings. The van der Waals surface area contributed by atoms with Gasteiger partial charge in [0.1, 0.15) is 0 Å². The molecule has 0 radical (unpaired) electrons. The molecule has 1 aliphatic carbocycles. The number of halogens is 2. The molecule has 0 heterocycles. The monoisotopic (exact) mass is 454 g/mol. The smallest absolute Gasteiger partial charge is 0.305 e. The van der Waals surface area contributed by atoms with Gasteiger partial charge in [-0.05, 0) is 49.1 Å². The van der Waals surface area contributed by atoms with Crippen LogP contribution < -0.4 is 0 Å². The summed E-state index contributed by atoms with van der Waals surface area (Å²) in [5.74, 6) is 0.329. The quantitative estimate of drug-likeness (QED) is 0.161. The van der Waals surface area contributed by atoms with E-state index >= 15 is 0 Å². The number of unbranched alkanes of at least 4 members (excludes halogenated alkanes) is 3. The molecule has 5 heteroatoms. The van der Waals surface area contributed by atoms with E-state index in [0.29, 0.717) is 6.42 Å². The lowest BCUT2D eigenvalue weighted by Gasteiger charge is -2.23. The highest BCUT2D eigenvalue weighted by Crippen LogP contribution is 2.47. The van der Waals surface area contributed by atoms with E-state index in [2.05, 4.69) is 35.9 Å². The summed E-state index contributed by atoms with van der Waals surface area (Å²) < 4.78 is 4.66. The van der Waals surface area contributed by atoms with Crippen LogP contribution in [0.4, 0.5) is 0 Å². The first kappa shape index (κ1) is 25.2. The fourth-order valence-electron chi connectivity index (χ4n) is 4.31. The number of aliphatic hydroxyl groups is 1. The van der Waals surface area contributed by atoms with Gasteiger partial charge in [0.25, 0.3) is 0 Å². The Bertz CT molecular complexity index is 659. The van der Waals surface area contributed by atoms with Crippen LogP contribution in [-0.4, -0.2) is 28.9 Å². The molecule has 0 bridgehead atoms. The third-order valence-corrected chi connectivity index (χ3v) is 7.06. The fourth-order valence-corrected chi connectivity index (χ4v) is 5.38. The van der Waals surface area contributed by atoms with Crippen LogP contribution >= 0.6 is 23.2 Å². The Hall–Kier alpha value is -1.03. The zero-order chi connectivity index (χ0) is 21.9. The third kappa shape index (κ3) is 7.59. The standard InChI is InChI=1S/C25H36Cl2O3/c1-3-4-7-11-23(28)18-13-15-19(16-14-18)25-20(21(26)17-22(25)27)10-8-5-6-9-12-24(29)30-2/h5,8,13-16,20-23,25,28H,3-4,6-7,9-12,17H2,1-2H3/b8-5-/t20-,21-,22+,23?,25+/m0/s1. The van der Waals surface area contributed by atoms with Gasteiger partial charge in [-0.1, -0.05) is 62.6 Å². The van der Waals surface area contributed by atoms with E-state index in [4.69, 9.17) is 23.2 Å². The van der Waals surface area contributed by atoms with Gasteiger partial charge in [-0.15, -0.1) is 23.2 Å². The number of hydrogen-bond donors (Lipinski definition) is 1. The molecule has 1 aromatic carbocycles. The number of aliphatic hydroxyl groups excluding tert-OH is 1. The molecule has 1 aliphatic rings. The van der Waals surface area contributed by atoms with Crippen molar-refractivity contribution in [2.75, 3.05) is 7.11 Å². The number of carbonyl (C=O) groups is 1. The number of hydrogen-bond acceptors (Lipinski definition) is 3. The van der Waals surface area contributed by atoms with Crippen LogP contribution in [0.1, 0.15) is 87.9 Å². The van der Waals surface area contributed by atoms with Crippen molar-refractivity contribution < 1.29 is 14.6 Å². The fraction of sp³-hybridized carbons (Fsp3) is 0.640. The summed E-state index contributed by atoms with van der Waals surface area (Å²) in [5, 5.41) is 10.5. The van der Waals surface area contributed by atoms with Gasteiger partial charge in [-0.3, -0.25) is 4.79 Å². The first-order valence-electron chi connectivity index (χ1n) is 11.3. The first-order valence-corrected chi connectivity index (χ1v) is 12.1. The number of esters is 1. The molecular formula is C25H36Cl2O3. The maximum atomic E-state index is 11.2. The van der Waals surface area contributed by atoms with Gasteiger partial charge in [-0.25, -0.2) is 0 Å². The maximum absolute atomic E-state index is 11.2. The minimum Gasteiger partial charge on any atom is -0.469 e. The molecule has 1 N–H and O–H groups in total. The van der Waals surface area contributed by atoms with Gasteiger partial charge in [0.05, 0.1) is 13.2 Å². The van der Waals surface area contributed by atoms with Crippen molar-refractivity contribution >= 4 is 29.2 Å². The second-order valence-corrected chi connectivity index (χ2v) is 9.43. The lowest BCUT2D eigenvalue weighted by atomic mass is 9.85. The zero-order valence-corrected chi connectivity index (χ0v) is 19.7. The van der Waals surface area contributed by atoms with Crippen molar-refractivity contribution in [2.45, 2.75) is 87.5 Å². The summed E-state index contributed by atoms with van der Waals surface area (Å²) in [4.78, 5) is 11.2. The Morgan fingerprint density at radius 1 is 1.17 bits per heavy atom. The molecule has 0 aromatic heterocycles. The summed E-state index contributed by atoms with van der Waals surface area (Å²) >= 11 is 13.3. The largest absolute Gasteiger partial charge is 0.469 e. The summed E-state index contributed by atoms with van der Waals surface area (Å²) in [6.07, 6.45) is 11.8. The third-order valence-electron chi connectivity index (χ3n) is 6.11. The van der Waals surface area contributed by atoms with Crippen LogP contribution in [0.2, 0.25) is 0 Å². The predicted octanol–water partition coefficient (Wildman–Crippen LogP) is 6.91. The normalized spacial score (nSPS) is 25.0. The van der Waals surface area contributed by atoms with E-state index in [1.807, 2.05) is 12.1 Å². The molecule has 2 rings (SSSR count). The van der Waals surface area contributed by atoms with Gasteiger partial charge < -0.3 is 9.84 Å². The van der Waals surface area contributed by atoms with Crippen molar-refractivity contribution in [3.05, 3.63) is 47.5 Å². The van der Waals surface area contributed by atoms with E-state index < -0.39 is 6.10 Å². The van der Waals surface area contributed by atoms with Crippen LogP contribution in [0.5, 0.6) is 0 Å². The minimum absolute atomic E-state index is 0.0190. The van der Waals surface area contributed by atoms with Gasteiger partial charge in [0.15, 0.2) is 0 Å². The van der Waals surface area contributed by atoms with Crippen LogP contribution in [0.3, 0.4) is 0 Å². The zero-order valence-electron chi connectivity index (χ0n) is 18.2. The summed E-state index contributed by atoms with van der Waals surface area (Å²) in [5.41, 5.74) is 2.18. The Kier molecular flexibility index (Phi) is 11.3. The van der Waals surface area contributed by atoms with E-state index in [-0.39, 0.29) is 28.6 Å². The van der Waals surface area contributed by atoms with Crippen LogP contribution in [0.25, 0.3) is 0 Å². The number of carbonyl (C=O) groups excluding carboxylic acids is 1. The van der Waals surface area contributed by atoms with Crippen molar-refractivity contribution in [1.29, 1.82) is 0 Å².